The molecule has 0 unspecified atom stereocenters. The summed E-state index contributed by atoms with van der Waals surface area (Å²) in [7, 11) is 0. The van der Waals surface area contributed by atoms with Crippen LogP contribution in [-0.2, 0) is 0 Å². The predicted octanol–water partition coefficient (Wildman–Crippen LogP) is 4.79. The number of aryl methyl sites for hydroxylation is 2. The normalized spacial score (nSPS) is 13.7. The summed E-state index contributed by atoms with van der Waals surface area (Å²) in [4.78, 5) is 25.5. The van der Waals surface area contributed by atoms with Crippen molar-refractivity contribution < 1.29 is 18.3 Å². The Morgan fingerprint density at radius 2 is 1.71 bits per heavy atom. The van der Waals surface area contributed by atoms with Crippen molar-refractivity contribution in [2.75, 3.05) is 41.7 Å². The molecule has 1 saturated heterocycles. The van der Waals surface area contributed by atoms with Gasteiger partial charge in [0, 0.05) is 49.7 Å². The summed E-state index contributed by atoms with van der Waals surface area (Å²) in [6, 6.07) is 15.6. The van der Waals surface area contributed by atoms with Gasteiger partial charge in [0.25, 0.3) is 0 Å². The molecule has 0 bridgehead atoms. The molecule has 8 nitrogen and oxygen atoms in total. The number of carbonyl (C=O) groups excluding carboxylic acids is 1. The third-order valence-electron chi connectivity index (χ3n) is 5.35. The minimum atomic E-state index is -2.92. The van der Waals surface area contributed by atoms with Crippen molar-refractivity contribution in [3.63, 3.8) is 0 Å². The van der Waals surface area contributed by atoms with Gasteiger partial charge >= 0.3 is 12.6 Å². The van der Waals surface area contributed by atoms with Crippen LogP contribution in [0, 0.1) is 13.8 Å². The van der Waals surface area contributed by atoms with Gasteiger partial charge in [0.15, 0.2) is 0 Å². The topological polar surface area (TPSA) is 82.6 Å². The maximum atomic E-state index is 12.7. The van der Waals surface area contributed by atoms with Gasteiger partial charge in [-0.1, -0.05) is 23.8 Å². The molecular formula is C24H26F2N6O2. The third kappa shape index (κ3) is 6.09. The highest BCUT2D eigenvalue weighted by Gasteiger charge is 2.23. The highest BCUT2D eigenvalue weighted by Crippen LogP contribution is 2.23. The number of amides is 2. The second-order valence-corrected chi connectivity index (χ2v) is 7.96. The van der Waals surface area contributed by atoms with Crippen LogP contribution in [0.4, 0.5) is 36.6 Å². The molecule has 2 heterocycles. The summed E-state index contributed by atoms with van der Waals surface area (Å²) < 4.78 is 29.2. The second-order valence-electron chi connectivity index (χ2n) is 7.96. The number of piperazine rings is 1. The van der Waals surface area contributed by atoms with Crippen LogP contribution in [0.1, 0.15) is 11.4 Å². The number of urea groups is 1. The van der Waals surface area contributed by atoms with Gasteiger partial charge in [-0.25, -0.2) is 14.8 Å². The van der Waals surface area contributed by atoms with Gasteiger partial charge < -0.3 is 25.2 Å². The van der Waals surface area contributed by atoms with E-state index >= 15 is 0 Å². The van der Waals surface area contributed by atoms with Crippen LogP contribution >= 0.6 is 0 Å². The fraction of sp³-hybridized carbons (Fsp3) is 0.292. The van der Waals surface area contributed by atoms with Crippen LogP contribution in [0.5, 0.6) is 5.75 Å². The zero-order valence-electron chi connectivity index (χ0n) is 19.0. The number of benzene rings is 2. The Kier molecular flexibility index (Phi) is 7.05. The highest BCUT2D eigenvalue weighted by atomic mass is 19.3. The Labute approximate surface area is 196 Å². The summed E-state index contributed by atoms with van der Waals surface area (Å²) in [5.41, 5.74) is 2.52. The van der Waals surface area contributed by atoms with Crippen molar-refractivity contribution in [1.29, 1.82) is 0 Å². The van der Waals surface area contributed by atoms with E-state index in [4.69, 9.17) is 0 Å². The van der Waals surface area contributed by atoms with E-state index in [9.17, 15) is 13.6 Å². The molecule has 2 amide bonds. The van der Waals surface area contributed by atoms with Crippen LogP contribution in [0.2, 0.25) is 0 Å². The lowest BCUT2D eigenvalue weighted by Crippen LogP contribution is -2.50. The molecule has 10 heteroatoms. The van der Waals surface area contributed by atoms with E-state index in [1.54, 1.807) is 17.0 Å². The van der Waals surface area contributed by atoms with Crippen molar-refractivity contribution in [2.24, 2.45) is 0 Å². The molecule has 0 aliphatic carbocycles. The van der Waals surface area contributed by atoms with Crippen molar-refractivity contribution >= 4 is 29.0 Å². The van der Waals surface area contributed by atoms with E-state index in [1.807, 2.05) is 44.2 Å². The number of aromatic nitrogens is 2. The lowest BCUT2D eigenvalue weighted by molar-refractivity contribution is -0.0498. The first-order valence-electron chi connectivity index (χ1n) is 10.9. The molecule has 0 spiro atoms. The molecule has 2 aromatic carbocycles. The lowest BCUT2D eigenvalue weighted by atomic mass is 10.2. The average molecular weight is 469 g/mol. The first-order chi connectivity index (χ1) is 16.4. The van der Waals surface area contributed by atoms with E-state index in [0.717, 1.165) is 11.5 Å². The first-order valence-corrected chi connectivity index (χ1v) is 10.9. The Balaban J connectivity index is 1.35. The number of anilines is 4. The molecule has 3 aromatic rings. The summed E-state index contributed by atoms with van der Waals surface area (Å²) in [6.45, 7) is 3.14. The minimum Gasteiger partial charge on any atom is -0.435 e. The monoisotopic (exact) mass is 468 g/mol. The predicted molar refractivity (Wildman–Crippen MR) is 127 cm³/mol. The standard InChI is InChI=1S/C24H26F2N6O2/c1-16-6-8-18(9-7-16)29-21-15-22(28-17(2)27-21)31-10-12-32(13-11-31)24(33)30-19-4-3-5-20(14-19)34-23(25)26/h3-9,14-15,23H,10-13H2,1-2H3,(H,30,33)(H,27,28,29). The molecule has 4 rings (SSSR count). The van der Waals surface area contributed by atoms with E-state index in [0.29, 0.717) is 43.5 Å². The van der Waals surface area contributed by atoms with Crippen molar-refractivity contribution in [2.45, 2.75) is 20.5 Å². The van der Waals surface area contributed by atoms with Crippen LogP contribution in [0.25, 0.3) is 0 Å². The second kappa shape index (κ2) is 10.3. The quantitative estimate of drug-likeness (QED) is 0.541. The molecule has 1 aliphatic heterocycles. The molecule has 1 aliphatic rings. The zero-order chi connectivity index (χ0) is 24.1. The summed E-state index contributed by atoms with van der Waals surface area (Å²) >= 11 is 0. The number of alkyl halides is 2. The molecular weight excluding hydrogens is 442 g/mol. The van der Waals surface area contributed by atoms with Crippen LogP contribution in [-0.4, -0.2) is 53.7 Å². The summed E-state index contributed by atoms with van der Waals surface area (Å²) in [6.07, 6.45) is 0. The number of nitrogens with zero attached hydrogens (tertiary/aromatic N) is 4. The molecule has 1 aromatic heterocycles. The maximum absolute atomic E-state index is 12.7. The molecule has 1 fully saturated rings. The molecule has 2 N–H and O–H groups in total. The van der Waals surface area contributed by atoms with E-state index in [-0.39, 0.29) is 11.8 Å². The number of halogens is 2. The number of hydrogen-bond acceptors (Lipinski definition) is 6. The highest BCUT2D eigenvalue weighted by molar-refractivity contribution is 5.89. The van der Waals surface area contributed by atoms with E-state index in [2.05, 4.69) is 30.2 Å². The SMILES string of the molecule is Cc1ccc(Nc2cc(N3CCN(C(=O)Nc4cccc(OC(F)F)c4)CC3)nc(C)n2)cc1. The Bertz CT molecular complexity index is 1130. The van der Waals surface area contributed by atoms with E-state index in [1.165, 1.54) is 17.7 Å². The minimum absolute atomic E-state index is 0.00759. The number of nitrogens with one attached hydrogen (secondary N) is 2. The van der Waals surface area contributed by atoms with Crippen molar-refractivity contribution in [3.8, 4) is 5.75 Å². The lowest BCUT2D eigenvalue weighted by Gasteiger charge is -2.35. The third-order valence-corrected chi connectivity index (χ3v) is 5.35. The molecule has 0 saturated carbocycles. The molecule has 0 radical (unpaired) electrons. The zero-order valence-corrected chi connectivity index (χ0v) is 19.0. The van der Waals surface area contributed by atoms with Gasteiger partial charge in [-0.05, 0) is 38.1 Å². The fourth-order valence-electron chi connectivity index (χ4n) is 3.65. The average Bonchev–Trinajstić information content (AvgIpc) is 2.80. The summed E-state index contributed by atoms with van der Waals surface area (Å²) in [5.74, 6) is 2.14. The molecule has 178 valence electrons. The molecule has 0 atom stereocenters. The van der Waals surface area contributed by atoms with Gasteiger partial charge in [-0.2, -0.15) is 8.78 Å². The van der Waals surface area contributed by atoms with Crippen LogP contribution in [0.3, 0.4) is 0 Å². The van der Waals surface area contributed by atoms with Gasteiger partial charge in [0.05, 0.1) is 0 Å². The van der Waals surface area contributed by atoms with Gasteiger partial charge in [-0.15, -0.1) is 0 Å². The fourth-order valence-corrected chi connectivity index (χ4v) is 3.65. The van der Waals surface area contributed by atoms with Crippen molar-refractivity contribution in [1.82, 2.24) is 14.9 Å². The Hall–Kier alpha value is -3.95. The number of hydrogen-bond donors (Lipinski definition) is 2. The number of carbonyl (C=O) groups is 1. The maximum Gasteiger partial charge on any atom is 0.387 e. The Morgan fingerprint density at radius 1 is 0.971 bits per heavy atom. The van der Waals surface area contributed by atoms with Gasteiger partial charge in [-0.3, -0.25) is 0 Å². The van der Waals surface area contributed by atoms with Crippen molar-refractivity contribution in [3.05, 3.63) is 66.0 Å². The summed E-state index contributed by atoms with van der Waals surface area (Å²) in [5, 5.41) is 6.05. The van der Waals surface area contributed by atoms with Crippen LogP contribution < -0.4 is 20.3 Å². The van der Waals surface area contributed by atoms with Gasteiger partial charge in [0.2, 0.25) is 0 Å². The number of rotatable bonds is 6. The smallest absolute Gasteiger partial charge is 0.387 e. The molecule has 34 heavy (non-hydrogen) atoms. The number of ether oxygens (including phenoxy) is 1. The van der Waals surface area contributed by atoms with Gasteiger partial charge in [0.1, 0.15) is 23.2 Å². The Morgan fingerprint density at radius 3 is 2.41 bits per heavy atom. The first kappa shape index (κ1) is 23.2. The largest absolute Gasteiger partial charge is 0.435 e. The van der Waals surface area contributed by atoms with Crippen LogP contribution in [0.15, 0.2) is 54.6 Å². The van der Waals surface area contributed by atoms with E-state index < -0.39 is 6.61 Å².